The van der Waals surface area contributed by atoms with Gasteiger partial charge >= 0.3 is 6.03 Å². The maximum Gasteiger partial charge on any atom is 0.339 e. The molecule has 0 heterocycles. The highest BCUT2D eigenvalue weighted by molar-refractivity contribution is 7.89. The van der Waals surface area contributed by atoms with E-state index in [-0.39, 0.29) is 4.90 Å². The third-order valence-corrected chi connectivity index (χ3v) is 2.92. The molecule has 1 aromatic carbocycles. The van der Waals surface area contributed by atoms with Gasteiger partial charge in [0, 0.05) is 0 Å². The van der Waals surface area contributed by atoms with Gasteiger partial charge in [0.15, 0.2) is 0 Å². The van der Waals surface area contributed by atoms with E-state index < -0.39 is 16.1 Å². The van der Waals surface area contributed by atoms with Gasteiger partial charge in [-0.1, -0.05) is 31.0 Å². The molecule has 0 fully saturated rings. The number of sulfonamides is 1. The lowest BCUT2D eigenvalue weighted by Crippen LogP contribution is -2.44. The fraction of sp³-hybridized carbons (Fsp3) is 0. The maximum absolute atomic E-state index is 11.5. The van der Waals surface area contributed by atoms with E-state index in [0.29, 0.717) is 0 Å². The molecule has 15 heavy (non-hydrogen) atoms. The van der Waals surface area contributed by atoms with Crippen molar-refractivity contribution in [2.45, 2.75) is 4.90 Å². The standard InChI is InChI=1S/C7H9N3O3S2/c11-7(9-14)8-10-15(12,13)6-4-2-1-3-5-6/h1-5,10,14H,(H2,8,9,11). The zero-order chi connectivity index (χ0) is 11.3. The van der Waals surface area contributed by atoms with Crippen LogP contribution in [0, 0.1) is 0 Å². The molecule has 0 saturated carbocycles. The number of thiol groups is 1. The molecule has 0 aliphatic rings. The van der Waals surface area contributed by atoms with Gasteiger partial charge in [0.1, 0.15) is 0 Å². The first kappa shape index (κ1) is 11.8. The van der Waals surface area contributed by atoms with E-state index in [9.17, 15) is 13.2 Å². The molecule has 2 amide bonds. The number of nitrogens with one attached hydrogen (secondary N) is 3. The third kappa shape index (κ3) is 3.42. The number of benzene rings is 1. The van der Waals surface area contributed by atoms with Crippen molar-refractivity contribution in [3.8, 4) is 0 Å². The minimum Gasteiger partial charge on any atom is -0.283 e. The van der Waals surface area contributed by atoms with Gasteiger partial charge in [-0.15, -0.1) is 4.83 Å². The fourth-order valence-electron chi connectivity index (χ4n) is 0.800. The van der Waals surface area contributed by atoms with Crippen LogP contribution in [0.1, 0.15) is 0 Å². The van der Waals surface area contributed by atoms with Gasteiger partial charge in [0.2, 0.25) is 0 Å². The molecule has 1 aromatic rings. The number of rotatable bonds is 3. The zero-order valence-electron chi connectivity index (χ0n) is 7.47. The van der Waals surface area contributed by atoms with Crippen LogP contribution >= 0.6 is 12.8 Å². The van der Waals surface area contributed by atoms with Gasteiger partial charge in [0.25, 0.3) is 10.0 Å². The molecule has 0 aromatic heterocycles. The lowest BCUT2D eigenvalue weighted by Gasteiger charge is -2.06. The second kappa shape index (κ2) is 5.01. The first-order valence-corrected chi connectivity index (χ1v) is 5.76. The van der Waals surface area contributed by atoms with Crippen LogP contribution in [-0.4, -0.2) is 14.4 Å². The van der Waals surface area contributed by atoms with Gasteiger partial charge in [0.05, 0.1) is 4.90 Å². The van der Waals surface area contributed by atoms with E-state index in [2.05, 4.69) is 12.8 Å². The molecule has 82 valence electrons. The van der Waals surface area contributed by atoms with Gasteiger partial charge in [-0.25, -0.2) is 13.2 Å². The Bertz CT molecular complexity index is 432. The molecular weight excluding hydrogens is 238 g/mol. The number of amides is 2. The Morgan fingerprint density at radius 1 is 1.20 bits per heavy atom. The first-order chi connectivity index (χ1) is 7.06. The minimum atomic E-state index is -3.72. The topological polar surface area (TPSA) is 87.3 Å². The highest BCUT2D eigenvalue weighted by atomic mass is 32.2. The summed E-state index contributed by atoms with van der Waals surface area (Å²) in [5.41, 5.74) is 1.91. The predicted octanol–water partition coefficient (Wildman–Crippen LogP) is 0.0239. The minimum absolute atomic E-state index is 0.0597. The van der Waals surface area contributed by atoms with Crippen molar-refractivity contribution in [2.75, 3.05) is 0 Å². The highest BCUT2D eigenvalue weighted by Crippen LogP contribution is 2.05. The summed E-state index contributed by atoms with van der Waals surface area (Å²) in [4.78, 5) is 12.6. The average Bonchev–Trinajstić information content (AvgIpc) is 2.27. The van der Waals surface area contributed by atoms with Crippen molar-refractivity contribution in [3.63, 3.8) is 0 Å². The summed E-state index contributed by atoms with van der Waals surface area (Å²) >= 11 is 3.44. The van der Waals surface area contributed by atoms with Crippen molar-refractivity contribution in [1.29, 1.82) is 0 Å². The Labute approximate surface area is 92.6 Å². The van der Waals surface area contributed by atoms with Crippen LogP contribution in [0.5, 0.6) is 0 Å². The maximum atomic E-state index is 11.5. The molecule has 3 N–H and O–H groups in total. The van der Waals surface area contributed by atoms with Gasteiger partial charge in [-0.05, 0) is 12.1 Å². The Balaban J connectivity index is 2.73. The van der Waals surface area contributed by atoms with Gasteiger partial charge in [-0.3, -0.25) is 10.1 Å². The molecule has 0 bridgehead atoms. The summed E-state index contributed by atoms with van der Waals surface area (Å²) in [7, 11) is -3.72. The fourth-order valence-corrected chi connectivity index (χ4v) is 1.72. The molecule has 0 saturated heterocycles. The number of hydrazine groups is 1. The Morgan fingerprint density at radius 2 is 1.80 bits per heavy atom. The molecule has 6 nitrogen and oxygen atoms in total. The van der Waals surface area contributed by atoms with Crippen LogP contribution in [0.2, 0.25) is 0 Å². The van der Waals surface area contributed by atoms with Gasteiger partial charge in [-0.2, -0.15) is 0 Å². The molecule has 0 atom stereocenters. The van der Waals surface area contributed by atoms with Crippen LogP contribution in [0.25, 0.3) is 0 Å². The molecule has 8 heteroatoms. The normalized spacial score (nSPS) is 10.7. The van der Waals surface area contributed by atoms with Crippen LogP contribution in [-0.2, 0) is 10.0 Å². The highest BCUT2D eigenvalue weighted by Gasteiger charge is 2.13. The lowest BCUT2D eigenvalue weighted by molar-refractivity contribution is 0.245. The van der Waals surface area contributed by atoms with Gasteiger partial charge < -0.3 is 0 Å². The van der Waals surface area contributed by atoms with Crippen molar-refractivity contribution in [2.24, 2.45) is 0 Å². The summed E-state index contributed by atoms with van der Waals surface area (Å²) in [5, 5.41) is 0. The SMILES string of the molecule is O=C(NS)NNS(=O)(=O)c1ccccc1. The van der Waals surface area contributed by atoms with E-state index in [1.165, 1.54) is 12.1 Å². The van der Waals surface area contributed by atoms with Crippen molar-refractivity contribution >= 4 is 28.9 Å². The van der Waals surface area contributed by atoms with E-state index in [1.807, 2.05) is 15.0 Å². The zero-order valence-corrected chi connectivity index (χ0v) is 9.18. The Kier molecular flexibility index (Phi) is 3.95. The smallest absolute Gasteiger partial charge is 0.283 e. The van der Waals surface area contributed by atoms with Crippen molar-refractivity contribution < 1.29 is 13.2 Å². The van der Waals surface area contributed by atoms with Crippen molar-refractivity contribution in [1.82, 2.24) is 15.0 Å². The van der Waals surface area contributed by atoms with Crippen LogP contribution in [0.3, 0.4) is 0 Å². The molecule has 0 spiro atoms. The summed E-state index contributed by atoms with van der Waals surface area (Å²) in [6.07, 6.45) is 0. The van der Waals surface area contributed by atoms with E-state index >= 15 is 0 Å². The lowest BCUT2D eigenvalue weighted by atomic mass is 10.4. The molecule has 0 unspecified atom stereocenters. The summed E-state index contributed by atoms with van der Waals surface area (Å²) in [6, 6.07) is 6.89. The quantitative estimate of drug-likeness (QED) is 0.449. The molecule has 0 aliphatic heterocycles. The van der Waals surface area contributed by atoms with E-state index in [1.54, 1.807) is 18.2 Å². The Hall–Kier alpha value is -1.25. The van der Waals surface area contributed by atoms with Crippen LogP contribution in [0.4, 0.5) is 4.79 Å². The van der Waals surface area contributed by atoms with Crippen LogP contribution < -0.4 is 15.0 Å². The predicted molar refractivity (Wildman–Crippen MR) is 57.4 cm³/mol. The number of hydrogen-bond acceptors (Lipinski definition) is 4. The largest absolute Gasteiger partial charge is 0.339 e. The Morgan fingerprint density at radius 3 is 2.33 bits per heavy atom. The third-order valence-electron chi connectivity index (χ3n) is 1.45. The number of carbonyl (C=O) groups is 1. The average molecular weight is 247 g/mol. The molecule has 0 aliphatic carbocycles. The molecular formula is C7H9N3O3S2. The number of urea groups is 1. The number of carbonyl (C=O) groups excluding carboxylic acids is 1. The monoisotopic (exact) mass is 247 g/mol. The number of hydrogen-bond donors (Lipinski definition) is 4. The van der Waals surface area contributed by atoms with Crippen molar-refractivity contribution in [3.05, 3.63) is 30.3 Å². The van der Waals surface area contributed by atoms with Crippen LogP contribution in [0.15, 0.2) is 35.2 Å². The van der Waals surface area contributed by atoms with E-state index in [0.717, 1.165) is 0 Å². The molecule has 0 radical (unpaired) electrons. The first-order valence-electron chi connectivity index (χ1n) is 3.83. The van der Waals surface area contributed by atoms with E-state index in [4.69, 9.17) is 0 Å². The second-order valence-corrected chi connectivity index (χ2v) is 4.39. The molecule has 1 rings (SSSR count). The summed E-state index contributed by atoms with van der Waals surface area (Å²) in [6.45, 7) is 0. The second-order valence-electron chi connectivity index (χ2n) is 2.48. The summed E-state index contributed by atoms with van der Waals surface area (Å²) < 4.78 is 24.9. The summed E-state index contributed by atoms with van der Waals surface area (Å²) in [5.74, 6) is 0.